The van der Waals surface area contributed by atoms with E-state index in [0.717, 1.165) is 16.9 Å². The van der Waals surface area contributed by atoms with E-state index in [1.807, 2.05) is 30.3 Å². The van der Waals surface area contributed by atoms with E-state index in [1.165, 1.54) is 18.1 Å². The zero-order valence-corrected chi connectivity index (χ0v) is 25.4. The van der Waals surface area contributed by atoms with Crippen molar-refractivity contribution in [2.24, 2.45) is 0 Å². The third kappa shape index (κ3) is 5.53. The maximum absolute atomic E-state index is 14.1. The number of amides is 1. The number of esters is 1. The lowest BCUT2D eigenvalue weighted by atomic mass is 9.95. The molecule has 1 atom stereocenters. The molecular weight excluding hydrogens is 596 g/mol. The minimum absolute atomic E-state index is 0.0824. The Labute approximate surface area is 262 Å². The van der Waals surface area contributed by atoms with Crippen LogP contribution in [0.15, 0.2) is 94.6 Å². The predicted molar refractivity (Wildman–Crippen MR) is 167 cm³/mol. The average Bonchev–Trinajstić information content (AvgIpc) is 3.74. The van der Waals surface area contributed by atoms with E-state index in [0.29, 0.717) is 40.3 Å². The lowest BCUT2D eigenvalue weighted by molar-refractivity contribution is -0.117. The number of anilines is 1. The van der Waals surface area contributed by atoms with E-state index in [2.05, 4.69) is 4.98 Å². The van der Waals surface area contributed by atoms with Crippen LogP contribution in [0.1, 0.15) is 50.0 Å². The summed E-state index contributed by atoms with van der Waals surface area (Å²) >= 11 is 0.942. The molecular formula is C34H28N2O8S. The van der Waals surface area contributed by atoms with Crippen molar-refractivity contribution in [2.75, 3.05) is 18.6 Å². The van der Waals surface area contributed by atoms with E-state index in [1.54, 1.807) is 56.3 Å². The highest BCUT2D eigenvalue weighted by Gasteiger charge is 2.47. The Kier molecular flexibility index (Phi) is 8.10. The molecule has 0 spiro atoms. The number of nitrogens with zero attached hydrogens (tertiary/aromatic N) is 2. The van der Waals surface area contributed by atoms with Crippen LogP contribution >= 0.6 is 11.3 Å². The van der Waals surface area contributed by atoms with Gasteiger partial charge >= 0.3 is 5.97 Å². The Morgan fingerprint density at radius 1 is 1.04 bits per heavy atom. The van der Waals surface area contributed by atoms with Gasteiger partial charge in [-0.15, -0.1) is 0 Å². The Morgan fingerprint density at radius 2 is 1.80 bits per heavy atom. The van der Waals surface area contributed by atoms with Crippen molar-refractivity contribution in [1.29, 1.82) is 0 Å². The number of ketones is 1. The van der Waals surface area contributed by atoms with Crippen LogP contribution in [0.25, 0.3) is 11.0 Å². The van der Waals surface area contributed by atoms with Crippen LogP contribution in [0.2, 0.25) is 0 Å². The number of fused-ring (bicyclic) bond motifs is 1. The average molecular weight is 625 g/mol. The van der Waals surface area contributed by atoms with Crippen LogP contribution in [0.5, 0.6) is 11.5 Å². The van der Waals surface area contributed by atoms with Gasteiger partial charge in [-0.05, 0) is 49.2 Å². The van der Waals surface area contributed by atoms with Crippen molar-refractivity contribution in [3.63, 3.8) is 0 Å². The summed E-state index contributed by atoms with van der Waals surface area (Å²) in [5.41, 5.74) is 2.02. The molecule has 2 aromatic heterocycles. The summed E-state index contributed by atoms with van der Waals surface area (Å²) in [6, 6.07) is 22.2. The molecule has 0 saturated heterocycles. The third-order valence-electron chi connectivity index (χ3n) is 7.30. The first-order valence-corrected chi connectivity index (χ1v) is 14.9. The van der Waals surface area contributed by atoms with Gasteiger partial charge in [-0.3, -0.25) is 14.5 Å². The van der Waals surface area contributed by atoms with E-state index in [-0.39, 0.29) is 27.9 Å². The van der Waals surface area contributed by atoms with Gasteiger partial charge in [-0.1, -0.05) is 65.9 Å². The maximum Gasteiger partial charge on any atom is 0.350 e. The van der Waals surface area contributed by atoms with Crippen molar-refractivity contribution < 1.29 is 38.1 Å². The molecule has 0 fully saturated rings. The fourth-order valence-corrected chi connectivity index (χ4v) is 6.14. The minimum atomic E-state index is -1.09. The summed E-state index contributed by atoms with van der Waals surface area (Å²) in [6.45, 7) is 3.83. The number of carbonyl (C=O) groups is 3. The highest BCUT2D eigenvalue weighted by atomic mass is 32.1. The molecule has 0 aliphatic carbocycles. The summed E-state index contributed by atoms with van der Waals surface area (Å²) in [4.78, 5) is 46.3. The van der Waals surface area contributed by atoms with Crippen LogP contribution in [-0.4, -0.2) is 41.5 Å². The minimum Gasteiger partial charge on any atom is -0.503 e. The van der Waals surface area contributed by atoms with E-state index >= 15 is 0 Å². The molecule has 0 saturated carbocycles. The van der Waals surface area contributed by atoms with Crippen LogP contribution < -0.4 is 14.4 Å². The number of methoxy groups -OCH3 is 1. The number of hydrogen-bond acceptors (Lipinski definition) is 10. The number of ether oxygens (including phenoxy) is 3. The van der Waals surface area contributed by atoms with Crippen molar-refractivity contribution in [3.8, 4) is 11.5 Å². The number of aliphatic hydroxyl groups is 1. The Balaban J connectivity index is 1.40. The molecule has 11 heteroatoms. The topological polar surface area (TPSA) is 128 Å². The van der Waals surface area contributed by atoms with E-state index < -0.39 is 29.5 Å². The van der Waals surface area contributed by atoms with E-state index in [9.17, 15) is 19.5 Å². The van der Waals surface area contributed by atoms with Gasteiger partial charge in [0.25, 0.3) is 5.91 Å². The first kappa shape index (κ1) is 29.6. The Morgan fingerprint density at radius 3 is 2.51 bits per heavy atom. The van der Waals surface area contributed by atoms with Crippen molar-refractivity contribution in [3.05, 3.63) is 118 Å². The summed E-state index contributed by atoms with van der Waals surface area (Å²) in [5.74, 6) is -1.93. The molecule has 5 aromatic rings. The molecule has 10 nitrogen and oxygen atoms in total. The quantitative estimate of drug-likeness (QED) is 0.133. The number of benzene rings is 3. The zero-order chi connectivity index (χ0) is 31.7. The number of furan rings is 1. The van der Waals surface area contributed by atoms with Crippen molar-refractivity contribution >= 4 is 45.1 Å². The highest BCUT2D eigenvalue weighted by molar-refractivity contribution is 7.17. The first-order chi connectivity index (χ1) is 21.8. The summed E-state index contributed by atoms with van der Waals surface area (Å²) in [7, 11) is 1.49. The second kappa shape index (κ2) is 12.3. The van der Waals surface area contributed by atoms with Gasteiger partial charge < -0.3 is 23.7 Å². The largest absolute Gasteiger partial charge is 0.503 e. The van der Waals surface area contributed by atoms with Crippen LogP contribution in [-0.2, 0) is 16.1 Å². The SMILES string of the molecule is CCOC(=O)c1sc(N2C(=O)C(O)=C(C(=O)c3cc4cccc(OC)c4o3)C2c2ccc(OCc3ccccc3)cc2)nc1C. The van der Waals surface area contributed by atoms with Gasteiger partial charge in [0, 0.05) is 5.39 Å². The monoisotopic (exact) mass is 624 g/mol. The number of rotatable bonds is 10. The first-order valence-electron chi connectivity index (χ1n) is 14.1. The smallest absolute Gasteiger partial charge is 0.350 e. The highest BCUT2D eigenvalue weighted by Crippen LogP contribution is 2.44. The summed E-state index contributed by atoms with van der Waals surface area (Å²) in [6.07, 6.45) is 0. The lowest BCUT2D eigenvalue weighted by Crippen LogP contribution is -2.31. The number of aliphatic hydroxyl groups excluding tert-OH is 1. The van der Waals surface area contributed by atoms with Gasteiger partial charge in [0.15, 0.2) is 28.0 Å². The standard InChI is InChI=1S/C34H28N2O8S/c1-4-42-33(40)31-19(2)35-34(45-31)36-27(21-13-15-23(16-14-21)43-18-20-9-6-5-7-10-20)26(29(38)32(36)39)28(37)25-17-22-11-8-12-24(41-3)30(22)44-25/h5-17,27,38H,4,18H2,1-3H3. The Bertz CT molecular complexity index is 1940. The molecule has 0 bridgehead atoms. The van der Waals surface area contributed by atoms with Crippen LogP contribution in [0.3, 0.4) is 0 Å². The second-order valence-corrected chi connectivity index (χ2v) is 11.1. The van der Waals surface area contributed by atoms with Gasteiger partial charge in [-0.2, -0.15) is 0 Å². The lowest BCUT2D eigenvalue weighted by Gasteiger charge is -2.24. The normalized spacial score (nSPS) is 14.7. The van der Waals surface area contributed by atoms with Crippen LogP contribution in [0.4, 0.5) is 5.13 Å². The summed E-state index contributed by atoms with van der Waals surface area (Å²) < 4.78 is 22.4. The fraction of sp³-hybridized carbons (Fsp3) is 0.176. The number of aryl methyl sites for hydroxylation is 1. The van der Waals surface area contributed by atoms with Gasteiger partial charge in [0.2, 0.25) is 5.78 Å². The molecule has 45 heavy (non-hydrogen) atoms. The number of thiazole rings is 1. The molecule has 1 unspecified atom stereocenters. The maximum atomic E-state index is 14.1. The molecule has 228 valence electrons. The molecule has 1 aliphatic heterocycles. The number of aromatic nitrogens is 1. The van der Waals surface area contributed by atoms with Crippen molar-refractivity contribution in [1.82, 2.24) is 4.98 Å². The number of hydrogen-bond donors (Lipinski definition) is 1. The molecule has 3 heterocycles. The number of para-hydroxylation sites is 1. The summed E-state index contributed by atoms with van der Waals surface area (Å²) in [5, 5.41) is 12.0. The van der Waals surface area contributed by atoms with Gasteiger partial charge in [0.1, 0.15) is 17.2 Å². The molecule has 1 amide bonds. The molecule has 1 aliphatic rings. The molecule has 3 aromatic carbocycles. The molecule has 6 rings (SSSR count). The van der Waals surface area contributed by atoms with Gasteiger partial charge in [-0.25, -0.2) is 9.78 Å². The van der Waals surface area contributed by atoms with Crippen LogP contribution in [0, 0.1) is 6.92 Å². The van der Waals surface area contributed by atoms with E-state index in [4.69, 9.17) is 18.6 Å². The number of carbonyl (C=O) groups excluding carboxylic acids is 3. The molecule has 1 N–H and O–H groups in total. The second-order valence-electron chi connectivity index (χ2n) is 10.1. The predicted octanol–water partition coefficient (Wildman–Crippen LogP) is 6.74. The molecule has 0 radical (unpaired) electrons. The third-order valence-corrected chi connectivity index (χ3v) is 8.44. The zero-order valence-electron chi connectivity index (χ0n) is 24.6. The Hall–Kier alpha value is -5.42. The van der Waals surface area contributed by atoms with Gasteiger partial charge in [0.05, 0.1) is 31.0 Å². The fourth-order valence-electron chi connectivity index (χ4n) is 5.15. The number of Topliss-reactive ketones (excluding diaryl/α,β-unsaturated/α-hetero) is 1. The van der Waals surface area contributed by atoms with Crippen molar-refractivity contribution in [2.45, 2.75) is 26.5 Å².